The highest BCUT2D eigenvalue weighted by Gasteiger charge is 2.31. The van der Waals surface area contributed by atoms with Gasteiger partial charge in [-0.3, -0.25) is 4.79 Å². The van der Waals surface area contributed by atoms with Crippen molar-refractivity contribution in [1.29, 1.82) is 0 Å². The normalized spacial score (nSPS) is 11.5. The lowest BCUT2D eigenvalue weighted by atomic mass is 9.86. The third-order valence-electron chi connectivity index (χ3n) is 2.14. The lowest BCUT2D eigenvalue weighted by Gasteiger charge is -2.20. The van der Waals surface area contributed by atoms with E-state index in [-0.39, 0.29) is 5.88 Å². The predicted molar refractivity (Wildman–Crippen MR) is 55.2 cm³/mol. The van der Waals surface area contributed by atoms with Gasteiger partial charge in [0.05, 0.1) is 5.56 Å². The van der Waals surface area contributed by atoms with E-state index in [2.05, 4.69) is 0 Å². The minimum absolute atomic E-state index is 0.0135. The monoisotopic (exact) mass is 232 g/mol. The van der Waals surface area contributed by atoms with Gasteiger partial charge in [0.2, 0.25) is 0 Å². The van der Waals surface area contributed by atoms with E-state index in [1.807, 2.05) is 0 Å². The van der Waals surface area contributed by atoms with Crippen LogP contribution in [0, 0.1) is 17.0 Å². The fraction of sp³-hybridized carbons (Fsp3) is 0.364. The van der Waals surface area contributed by atoms with E-state index in [1.165, 1.54) is 6.07 Å². The molecular weight excluding hydrogens is 222 g/mol. The van der Waals surface area contributed by atoms with Gasteiger partial charge in [0.1, 0.15) is 11.6 Å². The Kier molecular flexibility index (Phi) is 3.45. The van der Waals surface area contributed by atoms with E-state index >= 15 is 0 Å². The van der Waals surface area contributed by atoms with Crippen LogP contribution in [0.2, 0.25) is 0 Å². The Morgan fingerprint density at radius 2 is 1.80 bits per heavy atom. The zero-order valence-electron chi connectivity index (χ0n) is 8.48. The summed E-state index contributed by atoms with van der Waals surface area (Å²) in [6, 6.07) is 3.33. The maximum Gasteiger partial charge on any atom is 0.175 e. The average Bonchev–Trinajstić information content (AvgIpc) is 2.17. The molecule has 0 spiro atoms. The Bertz CT molecular complexity index is 368. The summed E-state index contributed by atoms with van der Waals surface area (Å²) in [6.07, 6.45) is 0. The number of Topliss-reactive ketones (excluding diaryl/α,β-unsaturated/α-hetero) is 1. The SMILES string of the molecule is CC(C)(CCl)C(=O)c1c(F)cccc1F. The summed E-state index contributed by atoms with van der Waals surface area (Å²) >= 11 is 5.58. The van der Waals surface area contributed by atoms with E-state index < -0.39 is 28.4 Å². The van der Waals surface area contributed by atoms with Crippen molar-refractivity contribution in [2.75, 3.05) is 5.88 Å². The summed E-state index contributed by atoms with van der Waals surface area (Å²) in [7, 11) is 0. The lowest BCUT2D eigenvalue weighted by molar-refractivity contribution is 0.0853. The molecule has 0 aliphatic carbocycles. The van der Waals surface area contributed by atoms with Crippen molar-refractivity contribution >= 4 is 17.4 Å². The van der Waals surface area contributed by atoms with Crippen molar-refractivity contribution in [3.8, 4) is 0 Å². The van der Waals surface area contributed by atoms with Crippen LogP contribution in [0.1, 0.15) is 24.2 Å². The number of halogens is 3. The molecule has 0 aliphatic heterocycles. The van der Waals surface area contributed by atoms with Gasteiger partial charge in [0.15, 0.2) is 5.78 Å². The largest absolute Gasteiger partial charge is 0.293 e. The van der Waals surface area contributed by atoms with Crippen LogP contribution in [-0.2, 0) is 0 Å². The molecule has 1 nitrogen and oxygen atoms in total. The van der Waals surface area contributed by atoms with Crippen LogP contribution < -0.4 is 0 Å². The van der Waals surface area contributed by atoms with Gasteiger partial charge >= 0.3 is 0 Å². The summed E-state index contributed by atoms with van der Waals surface area (Å²) < 4.78 is 26.5. The summed E-state index contributed by atoms with van der Waals surface area (Å²) in [5.41, 5.74) is -1.48. The first-order chi connectivity index (χ1) is 6.90. The Hall–Kier alpha value is -0.960. The van der Waals surface area contributed by atoms with Gasteiger partial charge in [-0.05, 0) is 12.1 Å². The number of carbonyl (C=O) groups is 1. The molecule has 1 rings (SSSR count). The van der Waals surface area contributed by atoms with Crippen LogP contribution in [0.4, 0.5) is 8.78 Å². The highest BCUT2D eigenvalue weighted by atomic mass is 35.5. The van der Waals surface area contributed by atoms with E-state index in [9.17, 15) is 13.6 Å². The first kappa shape index (κ1) is 12.1. The Balaban J connectivity index is 3.23. The van der Waals surface area contributed by atoms with Crippen molar-refractivity contribution in [2.24, 2.45) is 5.41 Å². The molecule has 0 saturated carbocycles. The first-order valence-corrected chi connectivity index (χ1v) is 4.98. The van der Waals surface area contributed by atoms with Crippen LogP contribution in [0.25, 0.3) is 0 Å². The maximum atomic E-state index is 13.3. The summed E-state index contributed by atoms with van der Waals surface area (Å²) in [5.74, 6) is -2.30. The van der Waals surface area contributed by atoms with Crippen LogP contribution >= 0.6 is 11.6 Å². The molecule has 0 bridgehead atoms. The fourth-order valence-corrected chi connectivity index (χ4v) is 1.24. The second-order valence-corrected chi connectivity index (χ2v) is 4.21. The molecule has 0 heterocycles. The number of carbonyl (C=O) groups excluding carboxylic acids is 1. The van der Waals surface area contributed by atoms with Gasteiger partial charge in [-0.15, -0.1) is 11.6 Å². The third kappa shape index (κ3) is 2.34. The van der Waals surface area contributed by atoms with Gasteiger partial charge in [0.25, 0.3) is 0 Å². The molecule has 0 aliphatic rings. The van der Waals surface area contributed by atoms with Gasteiger partial charge in [-0.1, -0.05) is 19.9 Å². The lowest BCUT2D eigenvalue weighted by Crippen LogP contribution is -2.27. The Morgan fingerprint density at radius 3 is 2.20 bits per heavy atom. The minimum atomic E-state index is -0.968. The zero-order valence-corrected chi connectivity index (χ0v) is 9.24. The topological polar surface area (TPSA) is 17.1 Å². The number of rotatable bonds is 3. The number of hydrogen-bond donors (Lipinski definition) is 0. The van der Waals surface area contributed by atoms with E-state index in [1.54, 1.807) is 13.8 Å². The van der Waals surface area contributed by atoms with Crippen LogP contribution in [-0.4, -0.2) is 11.7 Å². The highest BCUT2D eigenvalue weighted by molar-refractivity contribution is 6.21. The molecule has 0 aromatic heterocycles. The highest BCUT2D eigenvalue weighted by Crippen LogP contribution is 2.26. The molecule has 1 aromatic carbocycles. The maximum absolute atomic E-state index is 13.3. The molecule has 0 atom stereocenters. The summed E-state index contributed by atoms with van der Waals surface area (Å²) in [4.78, 5) is 11.8. The number of alkyl halides is 1. The second kappa shape index (κ2) is 4.27. The molecule has 0 amide bonds. The van der Waals surface area contributed by atoms with E-state index in [0.717, 1.165) is 12.1 Å². The van der Waals surface area contributed by atoms with Crippen molar-refractivity contribution in [3.63, 3.8) is 0 Å². The summed E-state index contributed by atoms with van der Waals surface area (Å²) in [6.45, 7) is 3.10. The van der Waals surface area contributed by atoms with Gasteiger partial charge in [-0.25, -0.2) is 8.78 Å². The van der Waals surface area contributed by atoms with Crippen molar-refractivity contribution in [2.45, 2.75) is 13.8 Å². The van der Waals surface area contributed by atoms with Crippen LogP contribution in [0.15, 0.2) is 18.2 Å². The third-order valence-corrected chi connectivity index (χ3v) is 2.81. The predicted octanol–water partition coefficient (Wildman–Crippen LogP) is 3.41. The number of ketones is 1. The fourth-order valence-electron chi connectivity index (χ4n) is 1.11. The Morgan fingerprint density at radius 1 is 1.33 bits per heavy atom. The molecule has 1 aromatic rings. The molecule has 0 saturated heterocycles. The minimum Gasteiger partial charge on any atom is -0.293 e. The second-order valence-electron chi connectivity index (χ2n) is 3.94. The first-order valence-electron chi connectivity index (χ1n) is 4.45. The van der Waals surface area contributed by atoms with Crippen LogP contribution in [0.3, 0.4) is 0 Å². The van der Waals surface area contributed by atoms with Crippen LogP contribution in [0.5, 0.6) is 0 Å². The van der Waals surface area contributed by atoms with Crippen molar-refractivity contribution in [3.05, 3.63) is 35.4 Å². The summed E-state index contributed by atoms with van der Waals surface area (Å²) in [5, 5.41) is 0. The molecule has 0 fully saturated rings. The van der Waals surface area contributed by atoms with Gasteiger partial charge < -0.3 is 0 Å². The molecule has 0 unspecified atom stereocenters. The van der Waals surface area contributed by atoms with Gasteiger partial charge in [-0.2, -0.15) is 0 Å². The van der Waals surface area contributed by atoms with Gasteiger partial charge in [0, 0.05) is 11.3 Å². The number of benzene rings is 1. The Labute approximate surface area is 92.1 Å². The smallest absolute Gasteiger partial charge is 0.175 e. The molecule has 0 N–H and O–H groups in total. The van der Waals surface area contributed by atoms with E-state index in [0.29, 0.717) is 0 Å². The molecular formula is C11H11ClF2O. The van der Waals surface area contributed by atoms with E-state index in [4.69, 9.17) is 11.6 Å². The molecule has 4 heteroatoms. The quantitative estimate of drug-likeness (QED) is 0.577. The number of hydrogen-bond acceptors (Lipinski definition) is 1. The molecule has 82 valence electrons. The van der Waals surface area contributed by atoms with Crippen molar-refractivity contribution < 1.29 is 13.6 Å². The molecule has 15 heavy (non-hydrogen) atoms. The van der Waals surface area contributed by atoms with Crippen molar-refractivity contribution in [1.82, 2.24) is 0 Å². The standard InChI is InChI=1S/C11H11ClF2O/c1-11(2,6-12)10(15)9-7(13)4-3-5-8(9)14/h3-5H,6H2,1-2H3. The molecule has 0 radical (unpaired) electrons. The zero-order chi connectivity index (χ0) is 11.6. The average molecular weight is 233 g/mol.